The number of hydrogen-bond donors (Lipinski definition) is 1. The van der Waals surface area contributed by atoms with Crippen LogP contribution in [0.4, 0.5) is 0 Å². The standard InChI is InChI=1S/C15H14Br2ClNO/c1-9(19)6-10-2-4-14(12(16)7-10)20-15-5-3-11(18)8-13(15)17/h2-5,7-9H,6,19H2,1H3. The van der Waals surface area contributed by atoms with Crippen molar-refractivity contribution in [3.8, 4) is 11.5 Å². The monoisotopic (exact) mass is 417 g/mol. The largest absolute Gasteiger partial charge is 0.455 e. The molecule has 0 amide bonds. The van der Waals surface area contributed by atoms with Crippen molar-refractivity contribution in [1.29, 1.82) is 0 Å². The van der Waals surface area contributed by atoms with Gasteiger partial charge in [0.05, 0.1) is 8.95 Å². The van der Waals surface area contributed by atoms with E-state index in [0.29, 0.717) is 5.02 Å². The van der Waals surface area contributed by atoms with Crippen molar-refractivity contribution in [2.24, 2.45) is 5.73 Å². The first-order chi connectivity index (χ1) is 9.45. The predicted octanol–water partition coefficient (Wildman–Crippen LogP) is 5.55. The van der Waals surface area contributed by atoms with E-state index in [0.717, 1.165) is 26.9 Å². The molecule has 2 aromatic carbocycles. The Balaban J connectivity index is 2.21. The molecule has 106 valence electrons. The lowest BCUT2D eigenvalue weighted by Gasteiger charge is -2.12. The van der Waals surface area contributed by atoms with Gasteiger partial charge < -0.3 is 10.5 Å². The Kier molecular flexibility index (Phi) is 5.49. The summed E-state index contributed by atoms with van der Waals surface area (Å²) in [5, 5.41) is 0.663. The van der Waals surface area contributed by atoms with Crippen molar-refractivity contribution in [3.05, 3.63) is 55.9 Å². The Hall–Kier alpha value is -0.550. The molecule has 0 radical (unpaired) electrons. The van der Waals surface area contributed by atoms with Crippen LogP contribution in [-0.4, -0.2) is 6.04 Å². The highest BCUT2D eigenvalue weighted by Gasteiger charge is 2.08. The summed E-state index contributed by atoms with van der Waals surface area (Å²) in [7, 11) is 0. The molecule has 0 spiro atoms. The molecule has 2 nitrogen and oxygen atoms in total. The van der Waals surface area contributed by atoms with Gasteiger partial charge in [-0.25, -0.2) is 0 Å². The minimum absolute atomic E-state index is 0.138. The third-order valence-electron chi connectivity index (χ3n) is 2.67. The highest BCUT2D eigenvalue weighted by Crippen LogP contribution is 2.35. The Morgan fingerprint density at radius 1 is 1.10 bits per heavy atom. The lowest BCUT2D eigenvalue weighted by molar-refractivity contribution is 0.476. The van der Waals surface area contributed by atoms with E-state index in [4.69, 9.17) is 22.1 Å². The summed E-state index contributed by atoms with van der Waals surface area (Å²) in [5.41, 5.74) is 6.98. The Bertz CT molecular complexity index is 617. The minimum Gasteiger partial charge on any atom is -0.455 e. The molecule has 5 heteroatoms. The third-order valence-corrected chi connectivity index (χ3v) is 4.14. The molecule has 0 fully saturated rings. The summed E-state index contributed by atoms with van der Waals surface area (Å²) in [6.07, 6.45) is 0.837. The summed E-state index contributed by atoms with van der Waals surface area (Å²) in [5.74, 6) is 1.47. The fourth-order valence-corrected chi connectivity index (χ4v) is 3.07. The SMILES string of the molecule is CC(N)Cc1ccc(Oc2ccc(Cl)cc2Br)c(Br)c1. The first-order valence-corrected chi connectivity index (χ1v) is 8.09. The number of nitrogens with two attached hydrogens (primary N) is 1. The van der Waals surface area contributed by atoms with Crippen molar-refractivity contribution in [2.75, 3.05) is 0 Å². The van der Waals surface area contributed by atoms with Gasteiger partial charge in [-0.05, 0) is 81.1 Å². The van der Waals surface area contributed by atoms with Crippen LogP contribution < -0.4 is 10.5 Å². The summed E-state index contributed by atoms with van der Waals surface area (Å²) in [6.45, 7) is 1.99. The van der Waals surface area contributed by atoms with E-state index in [1.54, 1.807) is 12.1 Å². The Morgan fingerprint density at radius 3 is 2.25 bits per heavy atom. The molecule has 0 saturated carbocycles. The van der Waals surface area contributed by atoms with Gasteiger partial charge in [-0.2, -0.15) is 0 Å². The molecule has 0 saturated heterocycles. The molecule has 20 heavy (non-hydrogen) atoms. The maximum atomic E-state index is 5.91. The van der Waals surface area contributed by atoms with Crippen LogP contribution in [0.25, 0.3) is 0 Å². The number of ether oxygens (including phenoxy) is 1. The van der Waals surface area contributed by atoms with Crippen molar-refractivity contribution in [1.82, 2.24) is 0 Å². The van der Waals surface area contributed by atoms with Crippen LogP contribution in [0.15, 0.2) is 45.3 Å². The van der Waals surface area contributed by atoms with Gasteiger partial charge in [0, 0.05) is 11.1 Å². The van der Waals surface area contributed by atoms with Gasteiger partial charge in [0.15, 0.2) is 0 Å². The number of rotatable bonds is 4. The van der Waals surface area contributed by atoms with Crippen LogP contribution in [0.2, 0.25) is 5.02 Å². The average molecular weight is 420 g/mol. The molecule has 0 heterocycles. The fourth-order valence-electron chi connectivity index (χ4n) is 1.80. The van der Waals surface area contributed by atoms with E-state index >= 15 is 0 Å². The second kappa shape index (κ2) is 6.94. The van der Waals surface area contributed by atoms with Crippen LogP contribution in [-0.2, 0) is 6.42 Å². The van der Waals surface area contributed by atoms with Gasteiger partial charge >= 0.3 is 0 Å². The average Bonchev–Trinajstić information content (AvgIpc) is 2.34. The highest BCUT2D eigenvalue weighted by molar-refractivity contribution is 9.11. The van der Waals surface area contributed by atoms with Crippen LogP contribution >= 0.6 is 43.5 Å². The fraction of sp³-hybridized carbons (Fsp3) is 0.200. The molecule has 0 aliphatic rings. The number of benzene rings is 2. The molecule has 1 unspecified atom stereocenters. The highest BCUT2D eigenvalue weighted by atomic mass is 79.9. The molecule has 0 bridgehead atoms. The van der Waals surface area contributed by atoms with E-state index in [1.165, 1.54) is 5.56 Å². The Labute approximate surface area is 140 Å². The Morgan fingerprint density at radius 2 is 1.70 bits per heavy atom. The van der Waals surface area contributed by atoms with Crippen molar-refractivity contribution in [2.45, 2.75) is 19.4 Å². The molecule has 2 N–H and O–H groups in total. The molecule has 2 rings (SSSR count). The van der Waals surface area contributed by atoms with E-state index in [9.17, 15) is 0 Å². The zero-order valence-electron chi connectivity index (χ0n) is 10.9. The predicted molar refractivity (Wildman–Crippen MR) is 90.7 cm³/mol. The van der Waals surface area contributed by atoms with Crippen molar-refractivity contribution >= 4 is 43.5 Å². The van der Waals surface area contributed by atoms with E-state index in [2.05, 4.69) is 31.9 Å². The zero-order chi connectivity index (χ0) is 14.7. The van der Waals surface area contributed by atoms with E-state index in [-0.39, 0.29) is 6.04 Å². The van der Waals surface area contributed by atoms with Crippen LogP contribution in [0, 0.1) is 0 Å². The molecule has 2 aromatic rings. The summed E-state index contributed by atoms with van der Waals surface area (Å²) in [4.78, 5) is 0. The molecule has 0 aliphatic carbocycles. The van der Waals surface area contributed by atoms with Crippen LogP contribution in [0.1, 0.15) is 12.5 Å². The minimum atomic E-state index is 0.138. The molecule has 0 aromatic heterocycles. The maximum Gasteiger partial charge on any atom is 0.141 e. The quantitative estimate of drug-likeness (QED) is 0.705. The van der Waals surface area contributed by atoms with Crippen molar-refractivity contribution in [3.63, 3.8) is 0 Å². The van der Waals surface area contributed by atoms with Gasteiger partial charge in [0.25, 0.3) is 0 Å². The summed E-state index contributed by atoms with van der Waals surface area (Å²) < 4.78 is 7.59. The number of halogens is 3. The molecule has 1 atom stereocenters. The smallest absolute Gasteiger partial charge is 0.141 e. The molecular formula is C15H14Br2ClNO. The van der Waals surface area contributed by atoms with Gasteiger partial charge in [-0.15, -0.1) is 0 Å². The van der Waals surface area contributed by atoms with Gasteiger partial charge in [0.2, 0.25) is 0 Å². The topological polar surface area (TPSA) is 35.2 Å². The zero-order valence-corrected chi connectivity index (χ0v) is 14.8. The normalized spacial score (nSPS) is 12.2. The van der Waals surface area contributed by atoms with E-state index < -0.39 is 0 Å². The lowest BCUT2D eigenvalue weighted by atomic mass is 10.1. The second-order valence-corrected chi connectivity index (χ2v) is 6.77. The first kappa shape index (κ1) is 15.8. The second-order valence-electron chi connectivity index (χ2n) is 4.62. The lowest BCUT2D eigenvalue weighted by Crippen LogP contribution is -2.17. The molecular weight excluding hydrogens is 405 g/mol. The van der Waals surface area contributed by atoms with Gasteiger partial charge in [0.1, 0.15) is 11.5 Å². The van der Waals surface area contributed by atoms with E-state index in [1.807, 2.05) is 31.2 Å². The maximum absolute atomic E-state index is 5.91. The number of hydrogen-bond acceptors (Lipinski definition) is 2. The summed E-state index contributed by atoms with van der Waals surface area (Å²) >= 11 is 12.9. The third kappa shape index (κ3) is 4.22. The van der Waals surface area contributed by atoms with Crippen LogP contribution in [0.3, 0.4) is 0 Å². The molecule has 0 aliphatic heterocycles. The van der Waals surface area contributed by atoms with Crippen molar-refractivity contribution < 1.29 is 4.74 Å². The van der Waals surface area contributed by atoms with Gasteiger partial charge in [-0.3, -0.25) is 0 Å². The summed E-state index contributed by atoms with van der Waals surface area (Å²) in [6, 6.07) is 11.5. The first-order valence-electron chi connectivity index (χ1n) is 6.12. The van der Waals surface area contributed by atoms with Gasteiger partial charge in [-0.1, -0.05) is 17.7 Å². The van der Waals surface area contributed by atoms with Crippen LogP contribution in [0.5, 0.6) is 11.5 Å².